The molecule has 0 saturated carbocycles. The Morgan fingerprint density at radius 2 is 2.17 bits per heavy atom. The molecule has 29 heavy (non-hydrogen) atoms. The number of fused-ring (bicyclic) bond motifs is 3. The number of rotatable bonds is 5. The molecule has 152 valence electrons. The largest absolute Gasteiger partial charge is 0.505 e. The Kier molecular flexibility index (Phi) is 4.54. The summed E-state index contributed by atoms with van der Waals surface area (Å²) in [7, 11) is 0. The summed E-state index contributed by atoms with van der Waals surface area (Å²) in [5, 5.41) is 12.4. The van der Waals surface area contributed by atoms with Gasteiger partial charge in [-0.25, -0.2) is 4.39 Å². The number of anilines is 2. The summed E-state index contributed by atoms with van der Waals surface area (Å²) in [4.78, 5) is 16.8. The first-order chi connectivity index (χ1) is 14.1. The topological polar surface area (TPSA) is 65.0 Å². The summed E-state index contributed by atoms with van der Waals surface area (Å²) >= 11 is 0. The van der Waals surface area contributed by atoms with E-state index in [-0.39, 0.29) is 5.91 Å². The highest BCUT2D eigenvalue weighted by molar-refractivity contribution is 6.03. The third-order valence-corrected chi connectivity index (χ3v) is 6.21. The number of benzene rings is 2. The number of carbonyl (C=O) groups is 1. The molecule has 3 aliphatic rings. The molecule has 0 aliphatic carbocycles. The van der Waals surface area contributed by atoms with Crippen LogP contribution in [0.4, 0.5) is 15.8 Å². The average Bonchev–Trinajstić information content (AvgIpc) is 3.02. The van der Waals surface area contributed by atoms with Gasteiger partial charge in [-0.05, 0) is 36.6 Å². The first kappa shape index (κ1) is 18.2. The molecule has 1 amide bonds. The van der Waals surface area contributed by atoms with Crippen molar-refractivity contribution in [2.45, 2.75) is 24.8 Å². The fourth-order valence-corrected chi connectivity index (χ4v) is 4.94. The second kappa shape index (κ2) is 7.22. The van der Waals surface area contributed by atoms with E-state index in [2.05, 4.69) is 21.2 Å². The van der Waals surface area contributed by atoms with Gasteiger partial charge in [-0.3, -0.25) is 4.79 Å². The molecule has 0 spiro atoms. The molecule has 3 heterocycles. The lowest BCUT2D eigenvalue weighted by molar-refractivity contribution is -0.115. The van der Waals surface area contributed by atoms with Crippen molar-refractivity contribution in [1.29, 1.82) is 0 Å². The maximum Gasteiger partial charge on any atom is 0.243 e. The van der Waals surface area contributed by atoms with E-state index in [1.807, 2.05) is 12.1 Å². The van der Waals surface area contributed by atoms with E-state index in [1.54, 1.807) is 0 Å². The molecule has 7 heteroatoms. The van der Waals surface area contributed by atoms with Crippen LogP contribution in [0.1, 0.15) is 24.3 Å². The lowest BCUT2D eigenvalue weighted by Crippen LogP contribution is -2.49. The van der Waals surface area contributed by atoms with Gasteiger partial charge in [0, 0.05) is 37.7 Å². The number of nitrogens with zero attached hydrogens (tertiary/aromatic N) is 2. The van der Waals surface area contributed by atoms with E-state index in [0.29, 0.717) is 30.9 Å². The van der Waals surface area contributed by atoms with Crippen LogP contribution in [0.3, 0.4) is 0 Å². The second-order valence-electron chi connectivity index (χ2n) is 8.00. The van der Waals surface area contributed by atoms with Crippen molar-refractivity contribution in [1.82, 2.24) is 4.90 Å². The van der Waals surface area contributed by atoms with Crippen molar-refractivity contribution in [3.63, 3.8) is 0 Å². The molecule has 0 radical (unpaired) electrons. The van der Waals surface area contributed by atoms with Crippen LogP contribution < -0.4 is 15.0 Å². The average molecular weight is 397 g/mol. The molecule has 3 aliphatic heterocycles. The fraction of sp³-hybridized carbons (Fsp3) is 0.409. The number of amides is 1. The molecule has 2 N–H and O–H groups in total. The maximum absolute atomic E-state index is 13.1. The van der Waals surface area contributed by atoms with Crippen molar-refractivity contribution in [3.05, 3.63) is 47.8 Å². The van der Waals surface area contributed by atoms with Gasteiger partial charge >= 0.3 is 0 Å². The number of carbonyl (C=O) groups excluding carboxylic acids is 1. The monoisotopic (exact) mass is 397 g/mol. The van der Waals surface area contributed by atoms with Gasteiger partial charge in [-0.2, -0.15) is 0 Å². The smallest absolute Gasteiger partial charge is 0.243 e. The molecule has 5 rings (SSSR count). The first-order valence-electron chi connectivity index (χ1n) is 10.1. The first-order valence-corrected chi connectivity index (χ1v) is 10.1. The lowest BCUT2D eigenvalue weighted by Gasteiger charge is -2.39. The van der Waals surface area contributed by atoms with E-state index in [9.17, 15) is 14.3 Å². The second-order valence-corrected chi connectivity index (χ2v) is 8.00. The predicted octanol–water partition coefficient (Wildman–Crippen LogP) is 2.93. The van der Waals surface area contributed by atoms with Crippen molar-refractivity contribution < 1.29 is 19.0 Å². The van der Waals surface area contributed by atoms with Crippen LogP contribution in [0, 0.1) is 5.82 Å². The molecule has 0 bridgehead atoms. The van der Waals surface area contributed by atoms with Crippen molar-refractivity contribution >= 4 is 17.3 Å². The quantitative estimate of drug-likeness (QED) is 0.760. The summed E-state index contributed by atoms with van der Waals surface area (Å²) in [6.45, 7) is 3.86. The Morgan fingerprint density at radius 1 is 1.28 bits per heavy atom. The molecule has 2 aromatic rings. The minimum absolute atomic E-state index is 0.0710. The molecule has 2 unspecified atom stereocenters. The zero-order valence-corrected chi connectivity index (χ0v) is 16.1. The van der Waals surface area contributed by atoms with Crippen LogP contribution in [0.15, 0.2) is 36.4 Å². The molecular formula is C22H24FN3O3. The SMILES string of the molecule is O=C1CN2c3c(cccc3C3CN(CCCOc4ccc(F)c(O)c4)CCC32)N1. The Hall–Kier alpha value is -2.80. The zero-order chi connectivity index (χ0) is 20.0. The maximum atomic E-state index is 13.1. The van der Waals surface area contributed by atoms with Crippen molar-refractivity contribution in [2.75, 3.05) is 43.0 Å². The highest BCUT2D eigenvalue weighted by atomic mass is 19.1. The van der Waals surface area contributed by atoms with Gasteiger partial charge in [-0.1, -0.05) is 12.1 Å². The molecular weight excluding hydrogens is 373 g/mol. The Bertz CT molecular complexity index is 951. The number of phenols is 1. The highest BCUT2D eigenvalue weighted by Gasteiger charge is 2.44. The summed E-state index contributed by atoms with van der Waals surface area (Å²) in [5.41, 5.74) is 3.49. The van der Waals surface area contributed by atoms with Crippen LogP contribution in [0.5, 0.6) is 11.5 Å². The normalized spacial score (nSPS) is 22.8. The number of piperidine rings is 1. The summed E-state index contributed by atoms with van der Waals surface area (Å²) < 4.78 is 18.7. The van der Waals surface area contributed by atoms with Crippen LogP contribution >= 0.6 is 0 Å². The number of likely N-dealkylation sites (tertiary alicyclic amines) is 1. The van der Waals surface area contributed by atoms with E-state index in [1.165, 1.54) is 29.4 Å². The molecule has 1 fully saturated rings. The number of halogens is 1. The Balaban J connectivity index is 1.19. The van der Waals surface area contributed by atoms with Gasteiger partial charge in [0.2, 0.25) is 5.91 Å². The van der Waals surface area contributed by atoms with Crippen LogP contribution in [-0.2, 0) is 4.79 Å². The van der Waals surface area contributed by atoms with Gasteiger partial charge < -0.3 is 25.0 Å². The summed E-state index contributed by atoms with van der Waals surface area (Å²) in [6, 6.07) is 10.7. The number of nitrogens with one attached hydrogen (secondary N) is 1. The number of hydrogen-bond acceptors (Lipinski definition) is 5. The standard InChI is InChI=1S/C22H24FN3O3/c23-17-6-5-14(11-20(17)27)29-10-2-8-25-9-7-19-16(12-25)15-3-1-4-18-22(15)26(19)13-21(28)24-18/h1,3-6,11,16,19,27H,2,7-10,12-13H2,(H,24,28). The van der Waals surface area contributed by atoms with E-state index < -0.39 is 11.6 Å². The minimum atomic E-state index is -0.643. The predicted molar refractivity (Wildman–Crippen MR) is 108 cm³/mol. The lowest BCUT2D eigenvalue weighted by atomic mass is 9.89. The third-order valence-electron chi connectivity index (χ3n) is 6.21. The van der Waals surface area contributed by atoms with Gasteiger partial charge in [0.15, 0.2) is 11.6 Å². The minimum Gasteiger partial charge on any atom is -0.505 e. The van der Waals surface area contributed by atoms with E-state index in [0.717, 1.165) is 38.2 Å². The third kappa shape index (κ3) is 3.29. The van der Waals surface area contributed by atoms with E-state index >= 15 is 0 Å². The molecule has 2 aromatic carbocycles. The van der Waals surface area contributed by atoms with Gasteiger partial charge in [0.25, 0.3) is 0 Å². The fourth-order valence-electron chi connectivity index (χ4n) is 4.94. The van der Waals surface area contributed by atoms with Gasteiger partial charge in [0.1, 0.15) is 5.75 Å². The van der Waals surface area contributed by atoms with Crippen LogP contribution in [0.25, 0.3) is 0 Å². The highest BCUT2D eigenvalue weighted by Crippen LogP contribution is 2.49. The summed E-state index contributed by atoms with van der Waals surface area (Å²) in [6.07, 6.45) is 1.89. The number of phenolic OH excluding ortho intramolecular Hbond substituents is 1. The van der Waals surface area contributed by atoms with Crippen LogP contribution in [-0.4, -0.2) is 54.7 Å². The number of para-hydroxylation sites is 1. The van der Waals surface area contributed by atoms with Crippen molar-refractivity contribution in [2.24, 2.45) is 0 Å². The molecule has 0 aromatic heterocycles. The van der Waals surface area contributed by atoms with Crippen LogP contribution in [0.2, 0.25) is 0 Å². The molecule has 6 nitrogen and oxygen atoms in total. The number of aromatic hydroxyl groups is 1. The Morgan fingerprint density at radius 3 is 3.03 bits per heavy atom. The number of hydrogen-bond donors (Lipinski definition) is 2. The zero-order valence-electron chi connectivity index (χ0n) is 16.1. The van der Waals surface area contributed by atoms with Gasteiger partial charge in [-0.15, -0.1) is 0 Å². The van der Waals surface area contributed by atoms with Gasteiger partial charge in [0.05, 0.1) is 24.5 Å². The molecule has 2 atom stereocenters. The van der Waals surface area contributed by atoms with E-state index in [4.69, 9.17) is 4.74 Å². The molecule has 1 saturated heterocycles. The van der Waals surface area contributed by atoms with Crippen molar-refractivity contribution in [3.8, 4) is 11.5 Å². The Labute approximate surface area is 168 Å². The summed E-state index contributed by atoms with van der Waals surface area (Å²) in [5.74, 6) is -0.0667. The number of ether oxygens (including phenoxy) is 1.